The summed E-state index contributed by atoms with van der Waals surface area (Å²) in [6.45, 7) is 1.79. The Kier molecular flexibility index (Phi) is 3.08. The molecule has 1 aliphatic rings. The van der Waals surface area contributed by atoms with Crippen LogP contribution in [-0.4, -0.2) is 16.5 Å². The summed E-state index contributed by atoms with van der Waals surface area (Å²) in [5.74, 6) is -0.491. The molecule has 0 aromatic carbocycles. The molecular formula is C11H8Cl2N2O. The third kappa shape index (κ3) is 1.88. The van der Waals surface area contributed by atoms with E-state index < -0.39 is 5.92 Å². The van der Waals surface area contributed by atoms with Gasteiger partial charge in [0.1, 0.15) is 5.15 Å². The third-order valence-electron chi connectivity index (χ3n) is 2.41. The van der Waals surface area contributed by atoms with Crippen molar-refractivity contribution in [3.63, 3.8) is 0 Å². The SMILES string of the molecule is CC1=NC=CC(=O)C1c1ccnc(Cl)c1Cl. The molecule has 3 nitrogen and oxygen atoms in total. The van der Waals surface area contributed by atoms with Gasteiger partial charge in [-0.25, -0.2) is 4.98 Å². The van der Waals surface area contributed by atoms with Gasteiger partial charge < -0.3 is 0 Å². The van der Waals surface area contributed by atoms with Crippen LogP contribution in [0.15, 0.2) is 29.5 Å². The number of ketones is 1. The van der Waals surface area contributed by atoms with Gasteiger partial charge in [-0.1, -0.05) is 23.2 Å². The molecule has 0 aliphatic carbocycles. The molecule has 1 aliphatic heterocycles. The first-order valence-electron chi connectivity index (χ1n) is 4.66. The number of hydrogen-bond acceptors (Lipinski definition) is 3. The minimum absolute atomic E-state index is 0.0448. The molecule has 0 radical (unpaired) electrons. The Hall–Kier alpha value is -1.19. The molecule has 2 rings (SSSR count). The van der Waals surface area contributed by atoms with E-state index in [1.165, 1.54) is 18.5 Å². The van der Waals surface area contributed by atoms with Gasteiger partial charge >= 0.3 is 0 Å². The van der Waals surface area contributed by atoms with E-state index in [4.69, 9.17) is 23.2 Å². The normalized spacial score (nSPS) is 19.8. The average molecular weight is 255 g/mol. The first-order chi connectivity index (χ1) is 7.61. The average Bonchev–Trinajstić information content (AvgIpc) is 2.24. The van der Waals surface area contributed by atoms with Gasteiger partial charge in [0.2, 0.25) is 0 Å². The van der Waals surface area contributed by atoms with Crippen LogP contribution in [0, 0.1) is 0 Å². The summed E-state index contributed by atoms with van der Waals surface area (Å²) in [6.07, 6.45) is 4.45. The lowest BCUT2D eigenvalue weighted by molar-refractivity contribution is -0.114. The zero-order valence-corrected chi connectivity index (χ0v) is 9.96. The standard InChI is InChI=1S/C11H8Cl2N2O/c1-6-9(8(16)3-5-14-6)7-2-4-15-11(13)10(7)12/h2-5,9H,1H3. The Morgan fingerprint density at radius 1 is 1.38 bits per heavy atom. The monoisotopic (exact) mass is 254 g/mol. The van der Waals surface area contributed by atoms with Gasteiger partial charge in [0.05, 0.1) is 10.9 Å². The van der Waals surface area contributed by atoms with E-state index in [1.54, 1.807) is 13.0 Å². The number of aliphatic imine (C=N–C) groups is 1. The van der Waals surface area contributed by atoms with Crippen molar-refractivity contribution in [2.45, 2.75) is 12.8 Å². The van der Waals surface area contributed by atoms with Crippen LogP contribution in [0.2, 0.25) is 10.2 Å². The highest BCUT2D eigenvalue weighted by Crippen LogP contribution is 2.32. The highest BCUT2D eigenvalue weighted by atomic mass is 35.5. The summed E-state index contributed by atoms with van der Waals surface area (Å²) in [7, 11) is 0. The minimum Gasteiger partial charge on any atom is -0.294 e. The fourth-order valence-corrected chi connectivity index (χ4v) is 2.02. The summed E-state index contributed by atoms with van der Waals surface area (Å²) < 4.78 is 0. The number of aromatic nitrogens is 1. The number of allylic oxidation sites excluding steroid dienone is 1. The van der Waals surface area contributed by atoms with Gasteiger partial charge in [-0.05, 0) is 18.6 Å². The van der Waals surface area contributed by atoms with Crippen LogP contribution in [0.3, 0.4) is 0 Å². The number of halogens is 2. The maximum atomic E-state index is 11.8. The van der Waals surface area contributed by atoms with E-state index >= 15 is 0 Å². The maximum absolute atomic E-state index is 11.8. The molecule has 1 unspecified atom stereocenters. The lowest BCUT2D eigenvalue weighted by Gasteiger charge is -2.17. The van der Waals surface area contributed by atoms with Crippen LogP contribution in [0.5, 0.6) is 0 Å². The molecular weight excluding hydrogens is 247 g/mol. The van der Waals surface area contributed by atoms with Gasteiger partial charge in [0.25, 0.3) is 0 Å². The molecule has 0 fully saturated rings. The second kappa shape index (κ2) is 4.36. The molecule has 0 amide bonds. The van der Waals surface area contributed by atoms with Gasteiger partial charge in [-0.2, -0.15) is 0 Å². The van der Waals surface area contributed by atoms with Crippen molar-refractivity contribution in [2.75, 3.05) is 0 Å². The molecule has 1 aromatic heterocycles. The lowest BCUT2D eigenvalue weighted by atomic mass is 9.90. The molecule has 0 N–H and O–H groups in total. The molecule has 0 saturated heterocycles. The Bertz CT molecular complexity index is 509. The van der Waals surface area contributed by atoms with Crippen molar-refractivity contribution >= 4 is 34.7 Å². The van der Waals surface area contributed by atoms with E-state index in [-0.39, 0.29) is 10.9 Å². The quantitative estimate of drug-likeness (QED) is 0.724. The second-order valence-electron chi connectivity index (χ2n) is 3.43. The largest absolute Gasteiger partial charge is 0.294 e. The maximum Gasteiger partial charge on any atom is 0.170 e. The first-order valence-corrected chi connectivity index (χ1v) is 5.41. The molecule has 5 heteroatoms. The van der Waals surface area contributed by atoms with Gasteiger partial charge in [-0.3, -0.25) is 9.79 Å². The lowest BCUT2D eigenvalue weighted by Crippen LogP contribution is -2.21. The summed E-state index contributed by atoms with van der Waals surface area (Å²) in [6, 6.07) is 1.69. The van der Waals surface area contributed by atoms with Gasteiger partial charge in [0.15, 0.2) is 5.78 Å². The van der Waals surface area contributed by atoms with E-state index in [1.807, 2.05) is 0 Å². The van der Waals surface area contributed by atoms with Crippen LogP contribution in [0.25, 0.3) is 0 Å². The van der Waals surface area contributed by atoms with E-state index in [0.29, 0.717) is 16.3 Å². The second-order valence-corrected chi connectivity index (χ2v) is 4.16. The van der Waals surface area contributed by atoms with Crippen molar-refractivity contribution in [3.8, 4) is 0 Å². The van der Waals surface area contributed by atoms with Crippen molar-refractivity contribution in [1.82, 2.24) is 4.98 Å². The number of pyridine rings is 1. The highest BCUT2D eigenvalue weighted by Gasteiger charge is 2.26. The number of hydrogen-bond donors (Lipinski definition) is 0. The third-order valence-corrected chi connectivity index (χ3v) is 3.19. The Balaban J connectivity index is 2.52. The Labute approximate surface area is 103 Å². The Morgan fingerprint density at radius 2 is 2.12 bits per heavy atom. The molecule has 1 atom stereocenters. The topological polar surface area (TPSA) is 42.3 Å². The van der Waals surface area contributed by atoms with E-state index in [0.717, 1.165) is 0 Å². The van der Waals surface area contributed by atoms with Crippen molar-refractivity contribution < 1.29 is 4.79 Å². The minimum atomic E-state index is -0.446. The summed E-state index contributed by atoms with van der Waals surface area (Å²) in [5, 5.41) is 0.515. The smallest absolute Gasteiger partial charge is 0.170 e. The number of carbonyl (C=O) groups is 1. The van der Waals surface area contributed by atoms with Gasteiger partial charge in [-0.15, -0.1) is 0 Å². The number of carbonyl (C=O) groups excluding carboxylic acids is 1. The number of rotatable bonds is 1. The van der Waals surface area contributed by atoms with E-state index in [2.05, 4.69) is 9.98 Å². The Morgan fingerprint density at radius 3 is 2.81 bits per heavy atom. The fourth-order valence-electron chi connectivity index (χ4n) is 1.64. The predicted octanol–water partition coefficient (Wildman–Crippen LogP) is 3.03. The summed E-state index contributed by atoms with van der Waals surface area (Å²) in [4.78, 5) is 19.7. The summed E-state index contributed by atoms with van der Waals surface area (Å²) in [5.41, 5.74) is 1.36. The molecule has 2 heterocycles. The summed E-state index contributed by atoms with van der Waals surface area (Å²) >= 11 is 11.8. The van der Waals surface area contributed by atoms with Crippen LogP contribution in [0.1, 0.15) is 18.4 Å². The fraction of sp³-hybridized carbons (Fsp3) is 0.182. The molecule has 0 saturated carbocycles. The van der Waals surface area contributed by atoms with Crippen LogP contribution < -0.4 is 0 Å². The van der Waals surface area contributed by atoms with Crippen molar-refractivity contribution in [2.24, 2.45) is 4.99 Å². The van der Waals surface area contributed by atoms with E-state index in [9.17, 15) is 4.79 Å². The zero-order chi connectivity index (χ0) is 11.7. The predicted molar refractivity (Wildman–Crippen MR) is 64.3 cm³/mol. The number of nitrogens with zero attached hydrogens (tertiary/aromatic N) is 2. The molecule has 16 heavy (non-hydrogen) atoms. The molecule has 0 spiro atoms. The molecule has 0 bridgehead atoms. The van der Waals surface area contributed by atoms with Crippen molar-refractivity contribution in [1.29, 1.82) is 0 Å². The van der Waals surface area contributed by atoms with Crippen LogP contribution in [-0.2, 0) is 4.79 Å². The van der Waals surface area contributed by atoms with Gasteiger partial charge in [0, 0.05) is 24.2 Å². The first kappa shape index (κ1) is 11.3. The highest BCUT2D eigenvalue weighted by molar-refractivity contribution is 6.42. The zero-order valence-electron chi connectivity index (χ0n) is 8.45. The molecule has 82 valence electrons. The van der Waals surface area contributed by atoms with Crippen LogP contribution in [0.4, 0.5) is 0 Å². The molecule has 1 aromatic rings. The van der Waals surface area contributed by atoms with Crippen LogP contribution >= 0.6 is 23.2 Å². The van der Waals surface area contributed by atoms with Crippen molar-refractivity contribution in [3.05, 3.63) is 40.3 Å².